The summed E-state index contributed by atoms with van der Waals surface area (Å²) < 4.78 is 5.39. The molecule has 0 unspecified atom stereocenters. The van der Waals surface area contributed by atoms with Crippen molar-refractivity contribution in [1.82, 2.24) is 10.1 Å². The fourth-order valence-corrected chi connectivity index (χ4v) is 3.06. The van der Waals surface area contributed by atoms with Gasteiger partial charge in [-0.2, -0.15) is 4.98 Å². The quantitative estimate of drug-likeness (QED) is 0.726. The molecule has 1 aliphatic rings. The number of carbonyl (C=O) groups is 1. The van der Waals surface area contributed by atoms with Crippen LogP contribution in [0.25, 0.3) is 11.4 Å². The highest BCUT2D eigenvalue weighted by atomic mass is 35.5. The average molecular weight is 340 g/mol. The second kappa shape index (κ2) is 6.09. The molecule has 0 N–H and O–H groups in total. The first-order valence-electron chi connectivity index (χ1n) is 7.65. The van der Waals surface area contributed by atoms with Crippen LogP contribution in [-0.2, 0) is 4.79 Å². The minimum atomic E-state index is -0.110. The summed E-state index contributed by atoms with van der Waals surface area (Å²) in [5, 5.41) is 4.64. The first kappa shape index (κ1) is 14.9. The Bertz CT molecular complexity index is 879. The number of hydrogen-bond acceptors (Lipinski definition) is 4. The van der Waals surface area contributed by atoms with E-state index in [9.17, 15) is 4.79 Å². The Labute approximate surface area is 143 Å². The maximum absolute atomic E-state index is 12.3. The Morgan fingerprint density at radius 3 is 2.75 bits per heavy atom. The van der Waals surface area contributed by atoms with Crippen LogP contribution in [0.15, 0.2) is 59.1 Å². The van der Waals surface area contributed by atoms with E-state index >= 15 is 0 Å². The van der Waals surface area contributed by atoms with Crippen molar-refractivity contribution >= 4 is 23.2 Å². The predicted octanol–water partition coefficient (Wildman–Crippen LogP) is 3.91. The lowest BCUT2D eigenvalue weighted by Crippen LogP contribution is -2.24. The number of rotatable bonds is 3. The van der Waals surface area contributed by atoms with Gasteiger partial charge < -0.3 is 9.42 Å². The van der Waals surface area contributed by atoms with Gasteiger partial charge in [0.1, 0.15) is 0 Å². The zero-order chi connectivity index (χ0) is 16.5. The van der Waals surface area contributed by atoms with Crippen LogP contribution >= 0.6 is 11.6 Å². The molecule has 0 bridgehead atoms. The van der Waals surface area contributed by atoms with Crippen LogP contribution in [-0.4, -0.2) is 22.6 Å². The van der Waals surface area contributed by atoms with Gasteiger partial charge in [-0.1, -0.05) is 53.2 Å². The fourth-order valence-electron chi connectivity index (χ4n) is 2.87. The van der Waals surface area contributed by atoms with E-state index in [-0.39, 0.29) is 11.8 Å². The number of benzene rings is 2. The summed E-state index contributed by atoms with van der Waals surface area (Å²) in [7, 11) is 0. The molecular formula is C18H14ClN3O2. The molecular weight excluding hydrogens is 326 g/mol. The lowest BCUT2D eigenvalue weighted by Gasteiger charge is -2.16. The Morgan fingerprint density at radius 1 is 1.12 bits per heavy atom. The predicted molar refractivity (Wildman–Crippen MR) is 90.9 cm³/mol. The molecule has 6 heteroatoms. The largest absolute Gasteiger partial charge is 0.339 e. The molecule has 0 aliphatic carbocycles. The topological polar surface area (TPSA) is 59.2 Å². The molecule has 4 rings (SSSR count). The van der Waals surface area contributed by atoms with Crippen molar-refractivity contribution in [3.63, 3.8) is 0 Å². The van der Waals surface area contributed by atoms with Crippen molar-refractivity contribution in [2.75, 3.05) is 11.4 Å². The minimum absolute atomic E-state index is 0.0294. The molecule has 120 valence electrons. The third-order valence-electron chi connectivity index (χ3n) is 4.07. The van der Waals surface area contributed by atoms with Gasteiger partial charge in [-0.05, 0) is 18.2 Å². The lowest BCUT2D eigenvalue weighted by atomic mass is 10.1. The second-order valence-electron chi connectivity index (χ2n) is 5.71. The Kier molecular flexibility index (Phi) is 3.78. The maximum atomic E-state index is 12.3. The Morgan fingerprint density at radius 2 is 1.96 bits per heavy atom. The van der Waals surface area contributed by atoms with Crippen LogP contribution < -0.4 is 4.90 Å². The van der Waals surface area contributed by atoms with Crippen LogP contribution in [0.4, 0.5) is 5.69 Å². The third kappa shape index (κ3) is 2.78. The molecule has 1 atom stereocenters. The molecule has 24 heavy (non-hydrogen) atoms. The normalized spacial score (nSPS) is 17.5. The Hall–Kier alpha value is -2.66. The fraction of sp³-hybridized carbons (Fsp3) is 0.167. The van der Waals surface area contributed by atoms with E-state index in [1.807, 2.05) is 42.5 Å². The molecule has 1 fully saturated rings. The van der Waals surface area contributed by atoms with Gasteiger partial charge >= 0.3 is 0 Å². The van der Waals surface area contributed by atoms with Gasteiger partial charge in [0.25, 0.3) is 0 Å². The van der Waals surface area contributed by atoms with Gasteiger partial charge in [0.2, 0.25) is 17.6 Å². The van der Waals surface area contributed by atoms with E-state index in [0.717, 1.165) is 11.3 Å². The number of aromatic nitrogens is 2. The number of carbonyl (C=O) groups excluding carboxylic acids is 1. The monoisotopic (exact) mass is 339 g/mol. The number of halogens is 1. The summed E-state index contributed by atoms with van der Waals surface area (Å²) in [6, 6.07) is 16.9. The second-order valence-corrected chi connectivity index (χ2v) is 6.14. The summed E-state index contributed by atoms with van der Waals surface area (Å²) >= 11 is 6.02. The molecule has 0 radical (unpaired) electrons. The third-order valence-corrected chi connectivity index (χ3v) is 4.30. The van der Waals surface area contributed by atoms with Gasteiger partial charge in [-0.3, -0.25) is 4.79 Å². The van der Waals surface area contributed by atoms with Crippen LogP contribution in [0.1, 0.15) is 18.2 Å². The molecule has 0 spiro atoms. The molecule has 2 heterocycles. The molecule has 1 saturated heterocycles. The highest BCUT2D eigenvalue weighted by Crippen LogP contribution is 2.32. The van der Waals surface area contributed by atoms with E-state index in [2.05, 4.69) is 10.1 Å². The van der Waals surface area contributed by atoms with Crippen LogP contribution in [0.5, 0.6) is 0 Å². The summed E-state index contributed by atoms with van der Waals surface area (Å²) in [5.41, 5.74) is 1.68. The van der Waals surface area contributed by atoms with Gasteiger partial charge in [0.15, 0.2) is 0 Å². The zero-order valence-corrected chi connectivity index (χ0v) is 13.5. The first-order chi connectivity index (χ1) is 11.7. The number of nitrogens with zero attached hydrogens (tertiary/aromatic N) is 3. The highest BCUT2D eigenvalue weighted by Gasteiger charge is 2.35. The molecule has 0 saturated carbocycles. The minimum Gasteiger partial charge on any atom is -0.339 e. The summed E-state index contributed by atoms with van der Waals surface area (Å²) in [5.74, 6) is 0.953. The molecule has 2 aromatic carbocycles. The van der Waals surface area contributed by atoms with Crippen LogP contribution in [0, 0.1) is 0 Å². The van der Waals surface area contributed by atoms with Gasteiger partial charge in [0.05, 0.1) is 5.92 Å². The number of hydrogen-bond donors (Lipinski definition) is 0. The Balaban J connectivity index is 1.56. The average Bonchev–Trinajstić information content (AvgIpc) is 3.22. The summed E-state index contributed by atoms with van der Waals surface area (Å²) in [6.45, 7) is 0.510. The number of amides is 1. The summed E-state index contributed by atoms with van der Waals surface area (Å²) in [4.78, 5) is 18.5. The standard InChI is InChI=1S/C18H14ClN3O2/c19-14-7-4-8-15(10-14)22-11-13(9-16(22)23)18-20-17(21-24-18)12-5-2-1-3-6-12/h1-8,10,13H,9,11H2/t13-/m1/s1. The molecule has 1 aromatic heterocycles. The van der Waals surface area contributed by atoms with Crippen molar-refractivity contribution in [1.29, 1.82) is 0 Å². The lowest BCUT2D eigenvalue weighted by molar-refractivity contribution is -0.117. The zero-order valence-electron chi connectivity index (χ0n) is 12.7. The molecule has 1 amide bonds. The van der Waals surface area contributed by atoms with E-state index in [0.29, 0.717) is 29.7 Å². The molecule has 5 nitrogen and oxygen atoms in total. The van der Waals surface area contributed by atoms with Crippen molar-refractivity contribution < 1.29 is 9.32 Å². The van der Waals surface area contributed by atoms with Crippen molar-refractivity contribution in [3.8, 4) is 11.4 Å². The van der Waals surface area contributed by atoms with Crippen molar-refractivity contribution in [2.24, 2.45) is 0 Å². The number of anilines is 1. The van der Waals surface area contributed by atoms with Gasteiger partial charge in [-0.15, -0.1) is 0 Å². The van der Waals surface area contributed by atoms with Gasteiger partial charge in [0, 0.05) is 29.2 Å². The molecule has 1 aliphatic heterocycles. The van der Waals surface area contributed by atoms with Crippen molar-refractivity contribution in [2.45, 2.75) is 12.3 Å². The van der Waals surface area contributed by atoms with E-state index in [1.54, 1.807) is 17.0 Å². The van der Waals surface area contributed by atoms with E-state index in [1.165, 1.54) is 0 Å². The van der Waals surface area contributed by atoms with Crippen LogP contribution in [0.2, 0.25) is 5.02 Å². The van der Waals surface area contributed by atoms with E-state index < -0.39 is 0 Å². The molecule has 3 aromatic rings. The van der Waals surface area contributed by atoms with E-state index in [4.69, 9.17) is 16.1 Å². The highest BCUT2D eigenvalue weighted by molar-refractivity contribution is 6.30. The maximum Gasteiger partial charge on any atom is 0.232 e. The van der Waals surface area contributed by atoms with Crippen LogP contribution in [0.3, 0.4) is 0 Å². The SMILES string of the molecule is O=C1C[C@@H](c2nc(-c3ccccc3)no2)CN1c1cccc(Cl)c1. The van der Waals surface area contributed by atoms with Gasteiger partial charge in [-0.25, -0.2) is 0 Å². The first-order valence-corrected chi connectivity index (χ1v) is 8.03. The smallest absolute Gasteiger partial charge is 0.232 e. The summed E-state index contributed by atoms with van der Waals surface area (Å²) in [6.07, 6.45) is 0.350. The van der Waals surface area contributed by atoms with Crippen molar-refractivity contribution in [3.05, 3.63) is 65.5 Å².